The number of hydrogen-bond donors (Lipinski definition) is 0. The molecule has 754 valence electrons. The summed E-state index contributed by atoms with van der Waals surface area (Å²) in [4.78, 5) is 38.2. The summed E-state index contributed by atoms with van der Waals surface area (Å²) in [5.74, 6) is 0. The third kappa shape index (κ3) is 43.3. The van der Waals surface area contributed by atoms with Gasteiger partial charge in [-0.05, 0) is 161 Å². The first-order valence-electron chi connectivity index (χ1n) is 44.4. The molecule has 40 nitrogen and oxygen atoms in total. The maximum atomic E-state index is 12.9. The molecule has 7 heterocycles. The average Bonchev–Trinajstić information content (AvgIpc) is 0.926. The Morgan fingerprint density at radius 2 is 0.711 bits per heavy atom. The van der Waals surface area contributed by atoms with Crippen LogP contribution in [-0.4, -0.2) is 375 Å². The average molecular weight is 2190 g/mol. The van der Waals surface area contributed by atoms with E-state index < -0.39 is 202 Å². The van der Waals surface area contributed by atoms with Crippen molar-refractivity contribution in [2.75, 3.05) is 158 Å². The van der Waals surface area contributed by atoms with Crippen LogP contribution in [0.25, 0.3) is 6.20 Å². The Morgan fingerprint density at radius 1 is 0.422 bits per heavy atom. The van der Waals surface area contributed by atoms with Crippen LogP contribution in [0.5, 0.6) is 0 Å². The highest BCUT2D eigenvalue weighted by Crippen LogP contribution is 2.35. The van der Waals surface area contributed by atoms with E-state index >= 15 is 0 Å². The van der Waals surface area contributed by atoms with Crippen LogP contribution < -0.4 is 17.1 Å². The quantitative estimate of drug-likeness (QED) is 0.0446. The second-order valence-electron chi connectivity index (χ2n) is 33.6. The Labute approximate surface area is 791 Å². The first-order chi connectivity index (χ1) is 60.1. The minimum absolute atomic E-state index is 0.0590. The molecule has 6 aliphatic heterocycles. The number of rotatable bonds is 54. The smallest absolute Gasteiger partial charge is 0.439 e. The number of ether oxygens (including phenoxy) is 6. The molecule has 0 radical (unpaired) electrons. The Hall–Kier alpha value is 1.18. The molecular formula is C67H165N3O37Si21. The van der Waals surface area contributed by atoms with Crippen LogP contribution in [-0.2, 0) is 161 Å². The van der Waals surface area contributed by atoms with Gasteiger partial charge in [0, 0.05) is 168 Å². The van der Waals surface area contributed by atoms with Gasteiger partial charge in [-0.3, -0.25) is 0 Å². The van der Waals surface area contributed by atoms with Gasteiger partial charge in [-0.25, -0.2) is 28.1 Å². The molecule has 7 rings (SSSR count). The van der Waals surface area contributed by atoms with Crippen LogP contribution in [0.4, 0.5) is 0 Å². The molecule has 0 aromatic carbocycles. The largest absolute Gasteiger partial charge is 0.500 e. The lowest BCUT2D eigenvalue weighted by Crippen LogP contribution is -2.77. The molecule has 1 aromatic rings. The van der Waals surface area contributed by atoms with Crippen LogP contribution in [0, 0.1) is 0 Å². The second-order valence-corrected chi connectivity index (χ2v) is 108. The molecule has 6 aliphatic rings. The maximum absolute atomic E-state index is 12.9. The van der Waals surface area contributed by atoms with Crippen molar-refractivity contribution >= 4 is 191 Å². The van der Waals surface area contributed by atoms with E-state index in [4.69, 9.17) is 144 Å². The van der Waals surface area contributed by atoms with Crippen molar-refractivity contribution in [3.63, 3.8) is 0 Å². The third-order valence-corrected chi connectivity index (χ3v) is 120. The van der Waals surface area contributed by atoms with Gasteiger partial charge in [0.1, 0.15) is 18.3 Å². The van der Waals surface area contributed by atoms with E-state index in [0.717, 1.165) is 101 Å². The minimum Gasteiger partial charge on any atom is -0.439 e. The van der Waals surface area contributed by atoms with E-state index in [9.17, 15) is 18.8 Å². The lowest BCUT2D eigenvalue weighted by atomic mass is 10.4. The lowest BCUT2D eigenvalue weighted by molar-refractivity contribution is 0.104. The summed E-state index contributed by atoms with van der Waals surface area (Å²) in [6.07, 6.45) is 5.55. The Bertz CT molecular complexity index is 3320. The summed E-state index contributed by atoms with van der Waals surface area (Å²) in [6, 6.07) is 6.17. The molecule has 61 heteroatoms. The van der Waals surface area contributed by atoms with Gasteiger partial charge >= 0.3 is 113 Å². The molecule has 1 aromatic heterocycles. The van der Waals surface area contributed by atoms with Crippen molar-refractivity contribution in [3.8, 4) is 0 Å². The summed E-state index contributed by atoms with van der Waals surface area (Å²) >= 11 is 0. The molecule has 12 atom stereocenters. The summed E-state index contributed by atoms with van der Waals surface area (Å²) in [6.45, 7) is 51.7. The first kappa shape index (κ1) is 123. The predicted molar refractivity (Wildman–Crippen MR) is 535 cm³/mol. The van der Waals surface area contributed by atoms with Gasteiger partial charge in [-0.15, -0.1) is 0 Å². The molecule has 0 bridgehead atoms. The maximum Gasteiger partial charge on any atom is 0.500 e. The van der Waals surface area contributed by atoms with Crippen molar-refractivity contribution in [1.29, 1.82) is 0 Å². The molecular weight excluding hydrogens is 2030 g/mol. The van der Waals surface area contributed by atoms with Gasteiger partial charge in [0.2, 0.25) is 7.35 Å². The van der Waals surface area contributed by atoms with Crippen LogP contribution in [0.3, 0.4) is 0 Å². The minimum atomic E-state index is -2.86. The molecule has 0 spiro atoms. The van der Waals surface area contributed by atoms with Crippen molar-refractivity contribution in [3.05, 3.63) is 38.0 Å². The Balaban J connectivity index is 0.000000416. The number of aromatic nitrogens is 3. The van der Waals surface area contributed by atoms with Gasteiger partial charge in [-0.1, -0.05) is 33.1 Å². The molecule has 6 saturated heterocycles. The summed E-state index contributed by atoms with van der Waals surface area (Å²) < 4.78 is 206. The van der Waals surface area contributed by atoms with Crippen LogP contribution >= 0.6 is 0 Å². The van der Waals surface area contributed by atoms with Crippen molar-refractivity contribution in [2.24, 2.45) is 0 Å². The highest BCUT2D eigenvalue weighted by molar-refractivity contribution is 7.64. The van der Waals surface area contributed by atoms with E-state index in [1.807, 2.05) is 26.6 Å². The standard InChI is InChI=1S/C17H33N3O9Si2.C16H40O6Si5.C15H38O9Si5.C10H26O6Si4.C9H28O7Si5/c1-8-18-15(21)19(11-9-13-30(24-2,25-3)26-4)17(23)20(16(18)22)12-10-14-31(27-5,28-6)29-7;1-9-24(17)15-23(3)22-26(7,18-2)27(8,25(4,5)6)21-12-10-11-19-13-16-14-20-16;1-16-29(17-2,18-3)12-11-28(7)23-25(4)21-27(6,22-26(5)24-28)10-8-9-19-13-15-14-20-15;1-17-13-18(2)15-20(4,16-19(3)14-17)7-5-6-11-8-10-9-12-10;1-10-21(11-2,12-3)9-8-20(7)15-18(5)13-17(4)14-19(6)16-20/h8H,1,9-14H2,2-7H3;16,23H,9-15H2,1-8H3;15,25-26H,8-14H2,1-7H3;10,17-19H,5-9H2,1-4H3;17-19H,8-9H2,1-7H3. The second kappa shape index (κ2) is 60.5. The predicted octanol–water partition coefficient (Wildman–Crippen LogP) is 5.41. The summed E-state index contributed by atoms with van der Waals surface area (Å²) in [5, 5.41) is 0. The van der Waals surface area contributed by atoms with E-state index in [1.54, 1.807) is 49.8 Å². The SMILES string of the molecule is C=Cn1c(=O)n(CCC[Si](OC)(OC)OC)c(=O)n(CCC[Si](OC)(OC)OC)c1=O.CC[Si](=O)C[SiH](C)O[Si](C)(OC)[Si](C)(OCCCOCC1CO1)[Si](C)(C)C.CO[Si](CC[Si]1(C)O[SiH](C)O[SiH](C)O[SiH](C)O1)(OC)OC.CO[Si](CC[Si]1(C)O[SiH](C)O[Si](C)(CCCOCC2CO2)O[SiH](C)O1)(OC)OC.C[SiH]1O[SiH](C)O[Si](C)(CCCOCC2CO2)O[SiH](C)O1. The summed E-state index contributed by atoms with van der Waals surface area (Å²) in [5.41, 5.74) is -1.45. The van der Waals surface area contributed by atoms with E-state index in [0.29, 0.717) is 95.0 Å². The molecule has 128 heavy (non-hydrogen) atoms. The molecule has 0 aliphatic carbocycles. The fourth-order valence-corrected chi connectivity index (χ4v) is 110. The number of epoxide rings is 3. The van der Waals surface area contributed by atoms with Crippen LogP contribution in [0.1, 0.15) is 39.0 Å². The van der Waals surface area contributed by atoms with E-state index in [1.165, 1.54) is 42.7 Å². The van der Waals surface area contributed by atoms with E-state index in [-0.39, 0.29) is 13.1 Å². The number of nitrogens with zero attached hydrogens (tertiary/aromatic N) is 3. The fourth-order valence-electron chi connectivity index (χ4n) is 14.6. The van der Waals surface area contributed by atoms with Crippen molar-refractivity contribution in [1.82, 2.24) is 13.7 Å². The molecule has 0 amide bonds. The number of hydrogen-bond acceptors (Lipinski definition) is 37. The molecule has 0 saturated carbocycles. The van der Waals surface area contributed by atoms with Crippen molar-refractivity contribution < 1.29 is 148 Å². The molecule has 0 N–H and O–H groups in total. The van der Waals surface area contributed by atoms with E-state index in [2.05, 4.69) is 105 Å². The normalized spacial score (nSPS) is 28.3. The zero-order valence-electron chi connectivity index (χ0n) is 83.3. The van der Waals surface area contributed by atoms with Gasteiger partial charge in [0.25, 0.3) is 64.4 Å². The van der Waals surface area contributed by atoms with Crippen molar-refractivity contribution in [2.45, 2.75) is 248 Å². The highest BCUT2D eigenvalue weighted by Gasteiger charge is 2.62. The first-order valence-corrected chi connectivity index (χ1v) is 93.4. The molecule has 12 unspecified atom stereocenters. The zero-order valence-corrected chi connectivity index (χ0v) is 106. The van der Waals surface area contributed by atoms with Gasteiger partial charge in [0.15, 0.2) is 9.04 Å². The third-order valence-electron chi connectivity index (χ3n) is 22.4. The fraction of sp³-hybridized carbons (Fsp3) is 0.925. The highest BCUT2D eigenvalue weighted by atomic mass is 29.7. The summed E-state index contributed by atoms with van der Waals surface area (Å²) in [7, 11) is -22.7. The lowest BCUT2D eigenvalue weighted by Gasteiger charge is -2.48. The van der Waals surface area contributed by atoms with Gasteiger partial charge < -0.3 is 148 Å². The molecule has 6 fully saturated rings. The van der Waals surface area contributed by atoms with Gasteiger partial charge in [-0.2, -0.15) is 0 Å². The Morgan fingerprint density at radius 3 is 0.984 bits per heavy atom. The van der Waals surface area contributed by atoms with Crippen LogP contribution in [0.2, 0.25) is 178 Å². The van der Waals surface area contributed by atoms with Crippen LogP contribution in [0.15, 0.2) is 21.0 Å². The zero-order chi connectivity index (χ0) is 96.6. The van der Waals surface area contributed by atoms with Gasteiger partial charge in [0.05, 0.1) is 47.2 Å². The monoisotopic (exact) mass is 2190 g/mol. The topological polar surface area (TPSA) is 398 Å². The Kier molecular flexibility index (Phi) is 58.3.